The number of piperidine rings is 1. The van der Waals surface area contributed by atoms with E-state index in [1.807, 2.05) is 35.7 Å². The smallest absolute Gasteiger partial charge is 0.245 e. The maximum absolute atomic E-state index is 12.7. The van der Waals surface area contributed by atoms with Crippen LogP contribution in [0.3, 0.4) is 0 Å². The van der Waals surface area contributed by atoms with E-state index >= 15 is 0 Å². The third-order valence-corrected chi connectivity index (χ3v) is 5.69. The molecule has 5 heteroatoms. The van der Waals surface area contributed by atoms with Gasteiger partial charge in [0.1, 0.15) is 4.90 Å². The minimum Gasteiger partial charge on any atom is -0.320 e. The summed E-state index contributed by atoms with van der Waals surface area (Å²) in [6, 6.07) is 7.43. The fourth-order valence-corrected chi connectivity index (χ4v) is 4.50. The molecule has 1 aliphatic heterocycles. The summed E-state index contributed by atoms with van der Waals surface area (Å²) in [5.41, 5.74) is 1.72. The van der Waals surface area contributed by atoms with Crippen LogP contribution in [-0.2, 0) is 10.0 Å². The molecule has 0 saturated carbocycles. The molecule has 0 aromatic carbocycles. The van der Waals surface area contributed by atoms with E-state index in [1.165, 1.54) is 0 Å². The van der Waals surface area contributed by atoms with Crippen molar-refractivity contribution in [1.82, 2.24) is 8.71 Å². The topological polar surface area (TPSA) is 41.8 Å². The Morgan fingerprint density at radius 1 is 1.11 bits per heavy atom. The van der Waals surface area contributed by atoms with Gasteiger partial charge in [-0.1, -0.05) is 12.5 Å². The SMILES string of the molecule is Cc1cc(S(=O)(=O)N2CCCCC2)c2ccccn12. The van der Waals surface area contributed by atoms with Crippen molar-refractivity contribution in [3.05, 3.63) is 36.2 Å². The van der Waals surface area contributed by atoms with Crippen LogP contribution in [0.1, 0.15) is 25.0 Å². The van der Waals surface area contributed by atoms with E-state index in [9.17, 15) is 8.42 Å². The van der Waals surface area contributed by atoms with E-state index in [1.54, 1.807) is 10.4 Å². The summed E-state index contributed by atoms with van der Waals surface area (Å²) >= 11 is 0. The first-order chi connectivity index (χ1) is 9.10. The summed E-state index contributed by atoms with van der Waals surface area (Å²) in [5.74, 6) is 0. The van der Waals surface area contributed by atoms with Crippen molar-refractivity contribution in [1.29, 1.82) is 0 Å². The predicted molar refractivity (Wildman–Crippen MR) is 74.7 cm³/mol. The zero-order valence-corrected chi connectivity index (χ0v) is 11.9. The molecule has 3 heterocycles. The van der Waals surface area contributed by atoms with Crippen LogP contribution in [0.5, 0.6) is 0 Å². The molecule has 0 bridgehead atoms. The van der Waals surface area contributed by atoms with Crippen molar-refractivity contribution in [3.63, 3.8) is 0 Å². The van der Waals surface area contributed by atoms with Crippen LogP contribution in [0.15, 0.2) is 35.4 Å². The molecule has 3 rings (SSSR count). The van der Waals surface area contributed by atoms with Crippen molar-refractivity contribution in [2.75, 3.05) is 13.1 Å². The third-order valence-electron chi connectivity index (χ3n) is 3.77. The number of hydrogen-bond donors (Lipinski definition) is 0. The number of hydrogen-bond acceptors (Lipinski definition) is 2. The number of fused-ring (bicyclic) bond motifs is 1. The lowest BCUT2D eigenvalue weighted by molar-refractivity contribution is 0.347. The number of rotatable bonds is 2. The van der Waals surface area contributed by atoms with Crippen molar-refractivity contribution in [3.8, 4) is 0 Å². The molecular weight excluding hydrogens is 260 g/mol. The van der Waals surface area contributed by atoms with Gasteiger partial charge in [-0.15, -0.1) is 0 Å². The molecule has 1 saturated heterocycles. The molecule has 0 atom stereocenters. The molecule has 0 radical (unpaired) electrons. The zero-order chi connectivity index (χ0) is 13.5. The van der Waals surface area contributed by atoms with E-state index in [4.69, 9.17) is 0 Å². The van der Waals surface area contributed by atoms with Gasteiger partial charge in [-0.2, -0.15) is 4.31 Å². The van der Waals surface area contributed by atoms with E-state index in [-0.39, 0.29) is 0 Å². The normalized spacial score (nSPS) is 17.9. The van der Waals surface area contributed by atoms with Crippen LogP contribution in [0.2, 0.25) is 0 Å². The summed E-state index contributed by atoms with van der Waals surface area (Å²) in [6.45, 7) is 3.22. The molecule has 2 aromatic rings. The molecule has 4 nitrogen and oxygen atoms in total. The predicted octanol–water partition coefficient (Wildman–Crippen LogP) is 2.42. The highest BCUT2D eigenvalue weighted by Crippen LogP contribution is 2.26. The minimum absolute atomic E-state index is 0.438. The first-order valence-corrected chi connectivity index (χ1v) is 8.11. The second-order valence-corrected chi connectivity index (χ2v) is 6.98. The lowest BCUT2D eigenvalue weighted by Crippen LogP contribution is -2.35. The van der Waals surface area contributed by atoms with Gasteiger partial charge in [-0.25, -0.2) is 8.42 Å². The van der Waals surface area contributed by atoms with Crippen molar-refractivity contribution in [2.24, 2.45) is 0 Å². The maximum Gasteiger partial charge on any atom is 0.245 e. The third kappa shape index (κ3) is 2.07. The summed E-state index contributed by atoms with van der Waals surface area (Å²) in [4.78, 5) is 0.438. The highest BCUT2D eigenvalue weighted by molar-refractivity contribution is 7.89. The van der Waals surface area contributed by atoms with Gasteiger partial charge in [0.25, 0.3) is 0 Å². The number of pyridine rings is 1. The van der Waals surface area contributed by atoms with Gasteiger partial charge in [0, 0.05) is 25.0 Å². The van der Waals surface area contributed by atoms with Gasteiger partial charge in [0.05, 0.1) is 5.52 Å². The second-order valence-electron chi connectivity index (χ2n) is 5.07. The average molecular weight is 278 g/mol. The quantitative estimate of drug-likeness (QED) is 0.846. The van der Waals surface area contributed by atoms with Crippen LogP contribution in [0.25, 0.3) is 5.52 Å². The van der Waals surface area contributed by atoms with Crippen LogP contribution >= 0.6 is 0 Å². The van der Waals surface area contributed by atoms with Crippen molar-refractivity contribution < 1.29 is 8.42 Å². The van der Waals surface area contributed by atoms with Gasteiger partial charge in [0.2, 0.25) is 10.0 Å². The van der Waals surface area contributed by atoms with Crippen LogP contribution in [-0.4, -0.2) is 30.2 Å². The Labute approximate surface area is 113 Å². The lowest BCUT2D eigenvalue weighted by atomic mass is 10.2. The van der Waals surface area contributed by atoms with E-state index in [2.05, 4.69) is 0 Å². The van der Waals surface area contributed by atoms with Crippen LogP contribution < -0.4 is 0 Å². The van der Waals surface area contributed by atoms with Gasteiger partial charge in [-0.3, -0.25) is 0 Å². The number of aromatic nitrogens is 1. The molecule has 1 fully saturated rings. The molecule has 19 heavy (non-hydrogen) atoms. The molecule has 2 aromatic heterocycles. The van der Waals surface area contributed by atoms with Gasteiger partial charge >= 0.3 is 0 Å². The maximum atomic E-state index is 12.7. The largest absolute Gasteiger partial charge is 0.320 e. The molecule has 0 aliphatic carbocycles. The fourth-order valence-electron chi connectivity index (χ4n) is 2.74. The zero-order valence-electron chi connectivity index (χ0n) is 11.0. The Balaban J connectivity index is 2.13. The van der Waals surface area contributed by atoms with Gasteiger partial charge in [0.15, 0.2) is 0 Å². The Kier molecular flexibility index (Phi) is 3.11. The molecule has 0 amide bonds. The Hall–Kier alpha value is -1.33. The fraction of sp³-hybridized carbons (Fsp3) is 0.429. The van der Waals surface area contributed by atoms with Gasteiger partial charge < -0.3 is 4.40 Å². The van der Waals surface area contributed by atoms with Gasteiger partial charge in [-0.05, 0) is 38.0 Å². The Bertz CT molecular complexity index is 697. The number of aryl methyl sites for hydroxylation is 1. The standard InChI is InChI=1S/C14H18N2O2S/c1-12-11-14(13-7-3-6-10-16(12)13)19(17,18)15-8-4-2-5-9-15/h3,6-7,10-11H,2,4-5,8-9H2,1H3. The minimum atomic E-state index is -3.36. The first kappa shape index (κ1) is 12.7. The van der Waals surface area contributed by atoms with Crippen molar-refractivity contribution >= 4 is 15.5 Å². The Morgan fingerprint density at radius 2 is 1.84 bits per heavy atom. The Morgan fingerprint density at radius 3 is 2.58 bits per heavy atom. The monoisotopic (exact) mass is 278 g/mol. The highest BCUT2D eigenvalue weighted by atomic mass is 32.2. The summed E-state index contributed by atoms with van der Waals surface area (Å²) in [7, 11) is -3.36. The second kappa shape index (κ2) is 4.65. The van der Waals surface area contributed by atoms with Crippen molar-refractivity contribution in [2.45, 2.75) is 31.1 Å². The van der Waals surface area contributed by atoms with E-state index in [0.717, 1.165) is 30.5 Å². The van der Waals surface area contributed by atoms with E-state index in [0.29, 0.717) is 18.0 Å². The molecule has 0 N–H and O–H groups in total. The molecule has 0 unspecified atom stereocenters. The lowest BCUT2D eigenvalue weighted by Gasteiger charge is -2.25. The van der Waals surface area contributed by atoms with Crippen LogP contribution in [0.4, 0.5) is 0 Å². The number of nitrogens with zero attached hydrogens (tertiary/aromatic N) is 2. The molecular formula is C14H18N2O2S. The van der Waals surface area contributed by atoms with Crippen LogP contribution in [0, 0.1) is 6.92 Å². The summed E-state index contributed by atoms with van der Waals surface area (Å²) in [5, 5.41) is 0. The summed E-state index contributed by atoms with van der Waals surface area (Å²) < 4.78 is 29.0. The number of sulfonamides is 1. The molecule has 1 aliphatic rings. The first-order valence-electron chi connectivity index (χ1n) is 6.67. The molecule has 102 valence electrons. The van der Waals surface area contributed by atoms with E-state index < -0.39 is 10.0 Å². The highest BCUT2D eigenvalue weighted by Gasteiger charge is 2.28. The summed E-state index contributed by atoms with van der Waals surface area (Å²) in [6.07, 6.45) is 4.95. The molecule has 0 spiro atoms. The average Bonchev–Trinajstić information content (AvgIpc) is 2.79.